The quantitative estimate of drug-likeness (QED) is 0.421. The van der Waals surface area contributed by atoms with Gasteiger partial charge in [-0.1, -0.05) is 19.1 Å². The summed E-state index contributed by atoms with van der Waals surface area (Å²) >= 11 is 2.23. The SMILES string of the molecule is CCC(Nc1ccc(I)cc1)C(=O)NN=Cc1ccc(F)cc1. The Kier molecular flexibility index (Phi) is 6.52. The highest BCUT2D eigenvalue weighted by Gasteiger charge is 2.15. The van der Waals surface area contributed by atoms with Gasteiger partial charge in [-0.15, -0.1) is 0 Å². The van der Waals surface area contributed by atoms with Crippen LogP contribution in [0.4, 0.5) is 10.1 Å². The molecule has 0 spiro atoms. The number of hydrogen-bond donors (Lipinski definition) is 2. The van der Waals surface area contributed by atoms with E-state index in [1.807, 2.05) is 31.2 Å². The summed E-state index contributed by atoms with van der Waals surface area (Å²) in [5.74, 6) is -0.525. The Morgan fingerprint density at radius 2 is 1.87 bits per heavy atom. The maximum Gasteiger partial charge on any atom is 0.262 e. The molecule has 2 aromatic carbocycles. The molecule has 1 atom stereocenters. The Morgan fingerprint density at radius 3 is 2.48 bits per heavy atom. The summed E-state index contributed by atoms with van der Waals surface area (Å²) in [4.78, 5) is 12.1. The average molecular weight is 425 g/mol. The summed E-state index contributed by atoms with van der Waals surface area (Å²) < 4.78 is 13.9. The number of hydrogen-bond acceptors (Lipinski definition) is 3. The molecule has 0 radical (unpaired) electrons. The van der Waals surface area contributed by atoms with Crippen molar-refractivity contribution in [3.05, 3.63) is 63.5 Å². The summed E-state index contributed by atoms with van der Waals surface area (Å²) in [7, 11) is 0. The van der Waals surface area contributed by atoms with Crippen molar-refractivity contribution in [1.82, 2.24) is 5.43 Å². The molecule has 0 saturated heterocycles. The van der Waals surface area contributed by atoms with Crippen LogP contribution in [0.3, 0.4) is 0 Å². The first-order chi connectivity index (χ1) is 11.1. The predicted molar refractivity (Wildman–Crippen MR) is 99.0 cm³/mol. The summed E-state index contributed by atoms with van der Waals surface area (Å²) in [5.41, 5.74) is 4.10. The van der Waals surface area contributed by atoms with Gasteiger partial charge < -0.3 is 5.32 Å². The lowest BCUT2D eigenvalue weighted by atomic mass is 10.2. The lowest BCUT2D eigenvalue weighted by molar-refractivity contribution is -0.121. The Labute approximate surface area is 148 Å². The molecular weight excluding hydrogens is 408 g/mol. The van der Waals surface area contributed by atoms with Gasteiger partial charge in [0.1, 0.15) is 11.9 Å². The molecule has 0 saturated carbocycles. The molecule has 6 heteroatoms. The number of carbonyl (C=O) groups excluding carboxylic acids is 1. The smallest absolute Gasteiger partial charge is 0.262 e. The van der Waals surface area contributed by atoms with Crippen LogP contribution in [0, 0.1) is 9.39 Å². The number of nitrogens with one attached hydrogen (secondary N) is 2. The van der Waals surface area contributed by atoms with Gasteiger partial charge in [-0.05, 0) is 71.0 Å². The molecule has 120 valence electrons. The van der Waals surface area contributed by atoms with Crippen LogP contribution in [0.2, 0.25) is 0 Å². The number of carbonyl (C=O) groups is 1. The van der Waals surface area contributed by atoms with Crippen molar-refractivity contribution in [3.63, 3.8) is 0 Å². The van der Waals surface area contributed by atoms with Gasteiger partial charge in [0.2, 0.25) is 0 Å². The maximum atomic E-state index is 12.8. The van der Waals surface area contributed by atoms with Gasteiger partial charge >= 0.3 is 0 Å². The highest BCUT2D eigenvalue weighted by Crippen LogP contribution is 2.13. The van der Waals surface area contributed by atoms with Crippen molar-refractivity contribution < 1.29 is 9.18 Å². The van der Waals surface area contributed by atoms with Crippen molar-refractivity contribution >= 4 is 40.4 Å². The van der Waals surface area contributed by atoms with Crippen LogP contribution in [-0.4, -0.2) is 18.2 Å². The second kappa shape index (κ2) is 8.61. The fourth-order valence-corrected chi connectivity index (χ4v) is 2.26. The van der Waals surface area contributed by atoms with E-state index >= 15 is 0 Å². The van der Waals surface area contributed by atoms with Gasteiger partial charge in [0.05, 0.1) is 6.21 Å². The van der Waals surface area contributed by atoms with Crippen LogP contribution < -0.4 is 10.7 Å². The fraction of sp³-hybridized carbons (Fsp3) is 0.176. The molecule has 0 aliphatic rings. The van der Waals surface area contributed by atoms with Crippen molar-refractivity contribution in [2.45, 2.75) is 19.4 Å². The average Bonchev–Trinajstić information content (AvgIpc) is 2.56. The number of nitrogens with zero attached hydrogens (tertiary/aromatic N) is 1. The van der Waals surface area contributed by atoms with E-state index < -0.39 is 0 Å². The Bertz CT molecular complexity index is 671. The first kappa shape index (κ1) is 17.4. The van der Waals surface area contributed by atoms with Crippen LogP contribution in [0.25, 0.3) is 0 Å². The summed E-state index contributed by atoms with van der Waals surface area (Å²) in [6, 6.07) is 13.3. The number of hydrazone groups is 1. The maximum absolute atomic E-state index is 12.8. The molecule has 2 N–H and O–H groups in total. The number of halogens is 2. The molecule has 0 aliphatic carbocycles. The minimum absolute atomic E-state index is 0.218. The van der Waals surface area contributed by atoms with Crippen molar-refractivity contribution in [2.24, 2.45) is 5.10 Å². The number of anilines is 1. The van der Waals surface area contributed by atoms with E-state index in [4.69, 9.17) is 0 Å². The second-order valence-corrected chi connectivity index (χ2v) is 6.14. The molecule has 1 unspecified atom stereocenters. The van der Waals surface area contributed by atoms with E-state index in [-0.39, 0.29) is 17.8 Å². The van der Waals surface area contributed by atoms with Gasteiger partial charge in [-0.3, -0.25) is 4.79 Å². The van der Waals surface area contributed by atoms with Gasteiger partial charge in [0, 0.05) is 9.26 Å². The van der Waals surface area contributed by atoms with E-state index in [1.54, 1.807) is 12.1 Å². The van der Waals surface area contributed by atoms with E-state index in [1.165, 1.54) is 18.3 Å². The molecule has 0 bridgehead atoms. The molecule has 2 rings (SSSR count). The third kappa shape index (κ3) is 5.63. The number of amides is 1. The Hall–Kier alpha value is -1.96. The molecular formula is C17H17FIN3O. The molecule has 1 amide bonds. The first-order valence-electron chi connectivity index (χ1n) is 7.19. The van der Waals surface area contributed by atoms with Crippen molar-refractivity contribution in [1.29, 1.82) is 0 Å². The predicted octanol–water partition coefficient (Wildman–Crippen LogP) is 3.77. The molecule has 0 aliphatic heterocycles. The van der Waals surface area contributed by atoms with E-state index in [0.717, 1.165) is 9.26 Å². The summed E-state index contributed by atoms with van der Waals surface area (Å²) in [5, 5.41) is 7.08. The molecule has 4 nitrogen and oxygen atoms in total. The molecule has 0 heterocycles. The Balaban J connectivity index is 1.91. The van der Waals surface area contributed by atoms with Crippen LogP contribution >= 0.6 is 22.6 Å². The summed E-state index contributed by atoms with van der Waals surface area (Å²) in [6.07, 6.45) is 2.11. The van der Waals surface area contributed by atoms with Crippen LogP contribution in [0.1, 0.15) is 18.9 Å². The fourth-order valence-electron chi connectivity index (χ4n) is 1.90. The second-order valence-electron chi connectivity index (χ2n) is 4.90. The monoisotopic (exact) mass is 425 g/mol. The highest BCUT2D eigenvalue weighted by atomic mass is 127. The highest BCUT2D eigenvalue weighted by molar-refractivity contribution is 14.1. The third-order valence-corrected chi connectivity index (χ3v) is 3.89. The van der Waals surface area contributed by atoms with Gasteiger partial charge in [0.15, 0.2) is 0 Å². The zero-order valence-corrected chi connectivity index (χ0v) is 14.7. The third-order valence-electron chi connectivity index (χ3n) is 3.17. The minimum atomic E-state index is -0.375. The largest absolute Gasteiger partial charge is 0.374 e. The topological polar surface area (TPSA) is 53.5 Å². The zero-order chi connectivity index (χ0) is 16.7. The Morgan fingerprint density at radius 1 is 1.22 bits per heavy atom. The van der Waals surface area contributed by atoms with Crippen LogP contribution in [0.15, 0.2) is 53.6 Å². The van der Waals surface area contributed by atoms with Crippen LogP contribution in [-0.2, 0) is 4.79 Å². The van der Waals surface area contributed by atoms with E-state index in [2.05, 4.69) is 38.4 Å². The molecule has 0 aromatic heterocycles. The normalized spacial score (nSPS) is 12.1. The van der Waals surface area contributed by atoms with E-state index in [9.17, 15) is 9.18 Å². The molecule has 0 fully saturated rings. The van der Waals surface area contributed by atoms with Crippen molar-refractivity contribution in [3.8, 4) is 0 Å². The zero-order valence-electron chi connectivity index (χ0n) is 12.6. The lowest BCUT2D eigenvalue weighted by Gasteiger charge is -2.16. The first-order valence-corrected chi connectivity index (χ1v) is 8.27. The van der Waals surface area contributed by atoms with E-state index in [0.29, 0.717) is 12.0 Å². The molecule has 2 aromatic rings. The van der Waals surface area contributed by atoms with Gasteiger partial charge in [-0.25, -0.2) is 9.82 Å². The minimum Gasteiger partial charge on any atom is -0.374 e. The standard InChI is InChI=1S/C17H17FIN3O/c1-2-16(21-15-9-7-14(19)8-10-15)17(23)22-20-11-12-3-5-13(18)6-4-12/h3-11,16,21H,2H2,1H3,(H,22,23). The molecule has 23 heavy (non-hydrogen) atoms. The number of benzene rings is 2. The van der Waals surface area contributed by atoms with Gasteiger partial charge in [0.25, 0.3) is 5.91 Å². The van der Waals surface area contributed by atoms with Crippen molar-refractivity contribution in [2.75, 3.05) is 5.32 Å². The van der Waals surface area contributed by atoms with Gasteiger partial charge in [-0.2, -0.15) is 5.10 Å². The van der Waals surface area contributed by atoms with Crippen LogP contribution in [0.5, 0.6) is 0 Å². The summed E-state index contributed by atoms with van der Waals surface area (Å²) in [6.45, 7) is 1.92. The number of rotatable bonds is 6. The lowest BCUT2D eigenvalue weighted by Crippen LogP contribution is -2.36.